The zero-order chi connectivity index (χ0) is 8.27. The monoisotopic (exact) mass is 390 g/mol. The second kappa shape index (κ2) is 4.91. The number of hydrogen-bond acceptors (Lipinski definition) is 1. The molecule has 60 valence electrons. The minimum Gasteiger partial charge on any atom is -0.124 e. The molecule has 0 aromatic heterocycles. The van der Waals surface area contributed by atoms with Crippen molar-refractivity contribution in [2.75, 3.05) is 5.75 Å². The van der Waals surface area contributed by atoms with Gasteiger partial charge in [-0.15, -0.1) is 11.8 Å². The molecule has 0 aliphatic rings. The lowest BCUT2D eigenvalue weighted by molar-refractivity contribution is 1.34. The number of hydrogen-bond donors (Lipinski definition) is 0. The van der Waals surface area contributed by atoms with E-state index < -0.39 is 0 Å². The zero-order valence-corrected chi connectivity index (χ0v) is 11.2. The highest BCUT2D eigenvalue weighted by molar-refractivity contribution is 14.1. The molecule has 1 aromatic rings. The van der Waals surface area contributed by atoms with Gasteiger partial charge in [-0.25, -0.2) is 0 Å². The molecule has 0 heterocycles. The highest BCUT2D eigenvalue weighted by atomic mass is 127. The predicted molar refractivity (Wildman–Crippen MR) is 68.3 cm³/mol. The van der Waals surface area contributed by atoms with Crippen LogP contribution in [0.5, 0.6) is 0 Å². The summed E-state index contributed by atoms with van der Waals surface area (Å²) in [6.45, 7) is 2.18. The van der Waals surface area contributed by atoms with Crippen molar-refractivity contribution in [3.63, 3.8) is 0 Å². The lowest BCUT2D eigenvalue weighted by Crippen LogP contribution is -1.83. The third kappa shape index (κ3) is 2.77. The summed E-state index contributed by atoms with van der Waals surface area (Å²) in [5.41, 5.74) is 0. The first-order valence-electron chi connectivity index (χ1n) is 3.32. The van der Waals surface area contributed by atoms with Crippen LogP contribution in [0.1, 0.15) is 6.92 Å². The van der Waals surface area contributed by atoms with Gasteiger partial charge in [-0.1, -0.05) is 13.0 Å². The number of thioether (sulfide) groups is 1. The largest absolute Gasteiger partial charge is 0.124 e. The van der Waals surface area contributed by atoms with E-state index in [1.54, 1.807) is 0 Å². The van der Waals surface area contributed by atoms with E-state index >= 15 is 0 Å². The molecule has 0 unspecified atom stereocenters. The first kappa shape index (κ1) is 10.1. The molecule has 1 aromatic carbocycles. The van der Waals surface area contributed by atoms with Crippen LogP contribution < -0.4 is 0 Å². The molecular weight excluding hydrogens is 382 g/mol. The predicted octanol–water partition coefficient (Wildman–Crippen LogP) is 4.01. The molecule has 0 aliphatic heterocycles. The maximum Gasteiger partial charge on any atom is 0.0339 e. The molecule has 0 radical (unpaired) electrons. The SMILES string of the molecule is CCSc1c(I)cccc1I. The molecule has 3 heteroatoms. The standard InChI is InChI=1S/C8H8I2S/c1-2-11-8-6(9)4-3-5-7(8)10/h3-5H,2H2,1H3. The molecule has 0 nitrogen and oxygen atoms in total. The average Bonchev–Trinajstić information content (AvgIpc) is 1.97. The molecule has 0 fully saturated rings. The van der Waals surface area contributed by atoms with Gasteiger partial charge in [0.25, 0.3) is 0 Å². The van der Waals surface area contributed by atoms with Crippen LogP contribution in [0.4, 0.5) is 0 Å². The number of benzene rings is 1. The van der Waals surface area contributed by atoms with Gasteiger partial charge in [0, 0.05) is 12.0 Å². The minimum atomic E-state index is 1.15. The molecule has 0 amide bonds. The van der Waals surface area contributed by atoms with Crippen molar-refractivity contribution < 1.29 is 0 Å². The summed E-state index contributed by atoms with van der Waals surface area (Å²) in [6, 6.07) is 6.41. The summed E-state index contributed by atoms with van der Waals surface area (Å²) < 4.78 is 2.72. The Morgan fingerprint density at radius 3 is 2.27 bits per heavy atom. The van der Waals surface area contributed by atoms with Crippen LogP contribution in [-0.4, -0.2) is 5.75 Å². The van der Waals surface area contributed by atoms with Crippen LogP contribution in [-0.2, 0) is 0 Å². The van der Waals surface area contributed by atoms with Gasteiger partial charge in [-0.2, -0.15) is 0 Å². The normalized spacial score (nSPS) is 10.1. The van der Waals surface area contributed by atoms with Crippen molar-refractivity contribution in [2.24, 2.45) is 0 Å². The Morgan fingerprint density at radius 1 is 1.27 bits per heavy atom. The van der Waals surface area contributed by atoms with E-state index in [2.05, 4.69) is 70.3 Å². The first-order valence-corrected chi connectivity index (χ1v) is 6.46. The summed E-state index contributed by atoms with van der Waals surface area (Å²) in [5.74, 6) is 1.15. The van der Waals surface area contributed by atoms with E-state index in [9.17, 15) is 0 Å². The summed E-state index contributed by atoms with van der Waals surface area (Å²) in [6.07, 6.45) is 0. The highest BCUT2D eigenvalue weighted by Crippen LogP contribution is 2.28. The van der Waals surface area contributed by atoms with Crippen LogP contribution in [0.3, 0.4) is 0 Å². The van der Waals surface area contributed by atoms with Crippen molar-refractivity contribution in [1.29, 1.82) is 0 Å². The van der Waals surface area contributed by atoms with E-state index in [4.69, 9.17) is 0 Å². The molecule has 0 atom stereocenters. The van der Waals surface area contributed by atoms with Crippen LogP contribution in [0.25, 0.3) is 0 Å². The van der Waals surface area contributed by atoms with E-state index in [0.29, 0.717) is 0 Å². The Morgan fingerprint density at radius 2 is 1.82 bits per heavy atom. The number of rotatable bonds is 2. The Labute approximate surface area is 98.8 Å². The molecule has 0 aliphatic carbocycles. The zero-order valence-electron chi connectivity index (χ0n) is 6.10. The van der Waals surface area contributed by atoms with Crippen LogP contribution in [0.15, 0.2) is 23.1 Å². The van der Waals surface area contributed by atoms with Gasteiger partial charge in [0.15, 0.2) is 0 Å². The Bertz CT molecular complexity index is 228. The molecule has 0 saturated carbocycles. The fourth-order valence-electron chi connectivity index (χ4n) is 0.765. The fourth-order valence-corrected chi connectivity index (χ4v) is 3.91. The quantitative estimate of drug-likeness (QED) is 0.544. The van der Waals surface area contributed by atoms with E-state index in [-0.39, 0.29) is 0 Å². The minimum absolute atomic E-state index is 1.15. The van der Waals surface area contributed by atoms with Crippen molar-refractivity contribution >= 4 is 56.9 Å². The maximum atomic E-state index is 2.38. The third-order valence-corrected chi connectivity index (χ3v) is 4.75. The molecule has 11 heavy (non-hydrogen) atoms. The van der Waals surface area contributed by atoms with Gasteiger partial charge in [0.2, 0.25) is 0 Å². The van der Waals surface area contributed by atoms with Gasteiger partial charge >= 0.3 is 0 Å². The van der Waals surface area contributed by atoms with Gasteiger partial charge < -0.3 is 0 Å². The second-order valence-corrected chi connectivity index (χ2v) is 5.58. The molecule has 0 spiro atoms. The topological polar surface area (TPSA) is 0 Å². The van der Waals surface area contributed by atoms with Crippen molar-refractivity contribution in [2.45, 2.75) is 11.8 Å². The van der Waals surface area contributed by atoms with Gasteiger partial charge in [0.05, 0.1) is 0 Å². The van der Waals surface area contributed by atoms with Gasteiger partial charge in [-0.05, 0) is 63.1 Å². The maximum absolute atomic E-state index is 2.38. The molecule has 1 rings (SSSR count). The first-order chi connectivity index (χ1) is 5.25. The second-order valence-electron chi connectivity index (χ2n) is 1.98. The highest BCUT2D eigenvalue weighted by Gasteiger charge is 2.02. The smallest absolute Gasteiger partial charge is 0.0339 e. The van der Waals surface area contributed by atoms with Crippen molar-refractivity contribution in [1.82, 2.24) is 0 Å². The molecule has 0 saturated heterocycles. The average molecular weight is 390 g/mol. The van der Waals surface area contributed by atoms with E-state index in [0.717, 1.165) is 5.75 Å². The summed E-state index contributed by atoms with van der Waals surface area (Å²) in [5, 5.41) is 0. The summed E-state index contributed by atoms with van der Waals surface area (Å²) in [7, 11) is 0. The number of halogens is 2. The van der Waals surface area contributed by atoms with Crippen molar-refractivity contribution in [3.8, 4) is 0 Å². The fraction of sp³-hybridized carbons (Fsp3) is 0.250. The Hall–Kier alpha value is 1.03. The van der Waals surface area contributed by atoms with E-state index in [1.165, 1.54) is 12.0 Å². The van der Waals surface area contributed by atoms with E-state index in [1.807, 2.05) is 11.8 Å². The van der Waals surface area contributed by atoms with Gasteiger partial charge in [0.1, 0.15) is 0 Å². The Balaban J connectivity index is 3.00. The lowest BCUT2D eigenvalue weighted by Gasteiger charge is -2.03. The summed E-state index contributed by atoms with van der Waals surface area (Å²) >= 11 is 6.68. The van der Waals surface area contributed by atoms with Crippen LogP contribution >= 0.6 is 56.9 Å². The van der Waals surface area contributed by atoms with Crippen LogP contribution in [0.2, 0.25) is 0 Å². The van der Waals surface area contributed by atoms with Gasteiger partial charge in [-0.3, -0.25) is 0 Å². The summed E-state index contributed by atoms with van der Waals surface area (Å²) in [4.78, 5) is 1.43. The lowest BCUT2D eigenvalue weighted by atomic mass is 10.4. The van der Waals surface area contributed by atoms with Crippen molar-refractivity contribution in [3.05, 3.63) is 25.3 Å². The molecule has 0 N–H and O–H groups in total. The van der Waals surface area contributed by atoms with Crippen LogP contribution in [0, 0.1) is 7.14 Å². The third-order valence-electron chi connectivity index (χ3n) is 1.21. The molecular formula is C8H8I2S. The molecule has 0 bridgehead atoms. The Kier molecular flexibility index (Phi) is 4.52.